The Bertz CT molecular complexity index is 716. The van der Waals surface area contributed by atoms with Crippen molar-refractivity contribution in [1.29, 1.82) is 5.41 Å². The SMILES string of the molecule is CO/C(=C/C=N)c1ncc(S)[nH]1.NC(c1ccc(Cl)cc1)C(F)(F)F. The summed E-state index contributed by atoms with van der Waals surface area (Å²) in [6.45, 7) is 0. The van der Waals surface area contributed by atoms with Crippen molar-refractivity contribution in [3.63, 3.8) is 0 Å². The number of hydrogen-bond donors (Lipinski definition) is 4. The summed E-state index contributed by atoms with van der Waals surface area (Å²) < 4.78 is 41.2. The van der Waals surface area contributed by atoms with E-state index in [4.69, 9.17) is 27.5 Å². The number of allylic oxidation sites excluding steroid dienone is 1. The molecule has 1 heterocycles. The third-order valence-corrected chi connectivity index (χ3v) is 3.31. The summed E-state index contributed by atoms with van der Waals surface area (Å²) in [7, 11) is 1.52. The van der Waals surface area contributed by atoms with E-state index in [2.05, 4.69) is 22.6 Å². The van der Waals surface area contributed by atoms with Gasteiger partial charge < -0.3 is 20.9 Å². The van der Waals surface area contributed by atoms with Gasteiger partial charge in [-0.3, -0.25) is 0 Å². The number of thiol groups is 1. The molecule has 2 rings (SSSR count). The Labute approximate surface area is 153 Å². The van der Waals surface area contributed by atoms with Crippen LogP contribution < -0.4 is 5.73 Å². The quantitative estimate of drug-likeness (QED) is 0.356. The second-order valence-corrected chi connectivity index (χ2v) is 5.51. The number of nitrogens with one attached hydrogen (secondary N) is 2. The summed E-state index contributed by atoms with van der Waals surface area (Å²) in [6.07, 6.45) is -0.186. The molecule has 5 nitrogen and oxygen atoms in total. The van der Waals surface area contributed by atoms with Crippen molar-refractivity contribution >= 4 is 36.2 Å². The molecule has 1 aromatic heterocycles. The van der Waals surface area contributed by atoms with E-state index in [1.165, 1.54) is 37.5 Å². The molecule has 0 bridgehead atoms. The Kier molecular flexibility index (Phi) is 8.01. The number of aromatic amines is 1. The van der Waals surface area contributed by atoms with Crippen molar-refractivity contribution in [1.82, 2.24) is 9.97 Å². The fourth-order valence-electron chi connectivity index (χ4n) is 1.62. The van der Waals surface area contributed by atoms with Crippen LogP contribution in [0, 0.1) is 5.41 Å². The van der Waals surface area contributed by atoms with Gasteiger partial charge in [-0.2, -0.15) is 13.2 Å². The van der Waals surface area contributed by atoms with E-state index in [9.17, 15) is 13.2 Å². The zero-order valence-corrected chi connectivity index (χ0v) is 14.7. The summed E-state index contributed by atoms with van der Waals surface area (Å²) in [4.78, 5) is 6.85. The lowest BCUT2D eigenvalue weighted by Crippen LogP contribution is -2.28. The highest BCUT2D eigenvalue weighted by molar-refractivity contribution is 7.80. The van der Waals surface area contributed by atoms with Gasteiger partial charge in [0, 0.05) is 17.3 Å². The van der Waals surface area contributed by atoms with E-state index < -0.39 is 12.2 Å². The maximum Gasteiger partial charge on any atom is 0.407 e. The van der Waals surface area contributed by atoms with Crippen LogP contribution in [0.15, 0.2) is 41.6 Å². The number of aromatic nitrogens is 2. The van der Waals surface area contributed by atoms with E-state index >= 15 is 0 Å². The first-order chi connectivity index (χ1) is 11.7. The highest BCUT2D eigenvalue weighted by Gasteiger charge is 2.37. The van der Waals surface area contributed by atoms with Crippen LogP contribution in [0.5, 0.6) is 0 Å². The Morgan fingerprint density at radius 2 is 2.00 bits per heavy atom. The second-order valence-electron chi connectivity index (χ2n) is 4.59. The summed E-state index contributed by atoms with van der Waals surface area (Å²) in [5, 5.41) is 7.90. The third-order valence-electron chi connectivity index (χ3n) is 2.83. The Balaban J connectivity index is 0.000000251. The molecule has 0 radical (unpaired) electrons. The van der Waals surface area contributed by atoms with E-state index in [0.717, 1.165) is 6.21 Å². The molecular weight excluding hydrogens is 377 g/mol. The number of nitrogens with zero attached hydrogens (tertiary/aromatic N) is 1. The van der Waals surface area contributed by atoms with Crippen LogP contribution in [-0.4, -0.2) is 29.5 Å². The first kappa shape index (κ1) is 21.1. The normalized spacial score (nSPS) is 12.8. The second kappa shape index (κ2) is 9.50. The van der Waals surface area contributed by atoms with Crippen molar-refractivity contribution in [3.05, 3.63) is 52.9 Å². The Hall–Kier alpha value is -1.97. The van der Waals surface area contributed by atoms with Gasteiger partial charge in [0.2, 0.25) is 0 Å². The third kappa shape index (κ3) is 6.81. The monoisotopic (exact) mass is 392 g/mol. The smallest absolute Gasteiger partial charge is 0.407 e. The maximum absolute atomic E-state index is 12.1. The van der Waals surface area contributed by atoms with Crippen LogP contribution in [0.3, 0.4) is 0 Å². The average molecular weight is 393 g/mol. The van der Waals surface area contributed by atoms with Gasteiger partial charge in [-0.1, -0.05) is 23.7 Å². The van der Waals surface area contributed by atoms with Crippen molar-refractivity contribution < 1.29 is 17.9 Å². The number of nitrogens with two attached hydrogens (primary N) is 1. The van der Waals surface area contributed by atoms with Gasteiger partial charge >= 0.3 is 6.18 Å². The summed E-state index contributed by atoms with van der Waals surface area (Å²) in [6, 6.07) is 3.34. The molecule has 0 saturated heterocycles. The highest BCUT2D eigenvalue weighted by atomic mass is 35.5. The van der Waals surface area contributed by atoms with Crippen LogP contribution >= 0.6 is 24.2 Å². The number of halogens is 4. The maximum atomic E-state index is 12.1. The zero-order valence-electron chi connectivity index (χ0n) is 13.0. The van der Waals surface area contributed by atoms with Gasteiger partial charge in [0.15, 0.2) is 11.6 Å². The summed E-state index contributed by atoms with van der Waals surface area (Å²) >= 11 is 9.56. The number of rotatable bonds is 4. The molecule has 0 amide bonds. The fourth-order valence-corrected chi connectivity index (χ4v) is 1.90. The van der Waals surface area contributed by atoms with Crippen molar-refractivity contribution in [3.8, 4) is 0 Å². The molecule has 0 aliphatic rings. The molecule has 10 heteroatoms. The number of benzene rings is 1. The molecule has 0 aliphatic heterocycles. The summed E-state index contributed by atoms with van der Waals surface area (Å²) in [5.41, 5.74) is 4.97. The van der Waals surface area contributed by atoms with Gasteiger partial charge in [0.25, 0.3) is 0 Å². The van der Waals surface area contributed by atoms with Gasteiger partial charge in [0.05, 0.1) is 18.3 Å². The van der Waals surface area contributed by atoms with Crippen LogP contribution in [0.4, 0.5) is 13.2 Å². The molecule has 0 fully saturated rings. The highest BCUT2D eigenvalue weighted by Crippen LogP contribution is 2.30. The number of alkyl halides is 3. The van der Waals surface area contributed by atoms with Gasteiger partial charge in [-0.05, 0) is 17.7 Å². The van der Waals surface area contributed by atoms with E-state index in [0.29, 0.717) is 21.6 Å². The topological polar surface area (TPSA) is 87.8 Å². The van der Waals surface area contributed by atoms with Crippen molar-refractivity contribution in [2.75, 3.05) is 7.11 Å². The summed E-state index contributed by atoms with van der Waals surface area (Å²) in [5.74, 6) is 1.09. The molecule has 0 aliphatic carbocycles. The van der Waals surface area contributed by atoms with Crippen molar-refractivity contribution in [2.24, 2.45) is 5.73 Å². The standard InChI is InChI=1S/C8H7ClF3N.C7H9N3OS/c9-6-3-1-5(2-4-6)7(13)8(10,11)12;1-11-5(2-3-8)7-9-4-6(12)10-7/h1-4,7H,13H2;2-4,8,12H,1H3,(H,9,10)/b;5-2+,8-3?. The lowest BCUT2D eigenvalue weighted by Gasteiger charge is -2.15. The van der Waals surface area contributed by atoms with Crippen LogP contribution in [-0.2, 0) is 4.74 Å². The van der Waals surface area contributed by atoms with Crippen LogP contribution in [0.2, 0.25) is 5.02 Å². The number of ether oxygens (including phenoxy) is 1. The number of imidazole rings is 1. The molecule has 0 saturated carbocycles. The van der Waals surface area contributed by atoms with Crippen molar-refractivity contribution in [2.45, 2.75) is 17.2 Å². The predicted octanol–water partition coefficient (Wildman–Crippen LogP) is 4.24. The molecule has 0 spiro atoms. The zero-order chi connectivity index (χ0) is 19.0. The van der Waals surface area contributed by atoms with E-state index in [-0.39, 0.29) is 5.56 Å². The lowest BCUT2D eigenvalue weighted by atomic mass is 10.1. The number of hydrogen-bond acceptors (Lipinski definition) is 5. The Morgan fingerprint density at radius 3 is 2.40 bits per heavy atom. The molecule has 136 valence electrons. The minimum absolute atomic E-state index is 0.0110. The number of methoxy groups -OCH3 is 1. The lowest BCUT2D eigenvalue weighted by molar-refractivity contribution is -0.149. The minimum atomic E-state index is -4.41. The van der Waals surface area contributed by atoms with Gasteiger partial charge in [-0.15, -0.1) is 12.6 Å². The molecular formula is C15H16ClF3N4OS. The fraction of sp³-hybridized carbons (Fsp3) is 0.200. The average Bonchev–Trinajstić information content (AvgIpc) is 2.98. The van der Waals surface area contributed by atoms with E-state index in [1.54, 1.807) is 6.20 Å². The first-order valence-electron chi connectivity index (χ1n) is 6.76. The minimum Gasteiger partial charge on any atom is -0.493 e. The van der Waals surface area contributed by atoms with Crippen LogP contribution in [0.25, 0.3) is 5.76 Å². The molecule has 25 heavy (non-hydrogen) atoms. The molecule has 1 aromatic carbocycles. The number of H-pyrrole nitrogens is 1. The van der Waals surface area contributed by atoms with Crippen LogP contribution in [0.1, 0.15) is 17.4 Å². The van der Waals surface area contributed by atoms with Gasteiger partial charge in [0.1, 0.15) is 6.04 Å². The first-order valence-corrected chi connectivity index (χ1v) is 7.58. The Morgan fingerprint density at radius 1 is 1.40 bits per heavy atom. The largest absolute Gasteiger partial charge is 0.493 e. The molecule has 1 atom stereocenters. The molecule has 1 unspecified atom stereocenters. The predicted molar refractivity (Wildman–Crippen MR) is 94.0 cm³/mol. The molecule has 2 aromatic rings. The van der Waals surface area contributed by atoms with Gasteiger partial charge in [-0.25, -0.2) is 4.98 Å². The molecule has 4 N–H and O–H groups in total. The van der Waals surface area contributed by atoms with E-state index in [1.807, 2.05) is 0 Å².